The molecule has 0 saturated heterocycles. The average molecular weight is 439 g/mol. The molecule has 0 unspecified atom stereocenters. The number of rotatable bonds is 7. The fraction of sp³-hybridized carbons (Fsp3) is 0.350. The highest BCUT2D eigenvalue weighted by atomic mass is 32.2. The van der Waals surface area contributed by atoms with Crippen LogP contribution in [0.4, 0.5) is 5.69 Å². The first-order valence-corrected chi connectivity index (χ1v) is 12.7. The molecule has 158 valence electrons. The number of sulfone groups is 1. The first kappa shape index (κ1) is 22.9. The number of hydrogen-bond donors (Lipinski definition) is 1. The molecule has 0 aliphatic rings. The third-order valence-corrected chi connectivity index (χ3v) is 6.75. The molecule has 9 heteroatoms. The number of carbonyl (C=O) groups excluding carboxylic acids is 1. The van der Waals surface area contributed by atoms with Gasteiger partial charge in [-0.3, -0.25) is 9.10 Å². The Morgan fingerprint density at radius 1 is 1.00 bits per heavy atom. The molecule has 0 bridgehead atoms. The van der Waals surface area contributed by atoms with Gasteiger partial charge in [0.05, 0.1) is 22.9 Å². The first-order chi connectivity index (χ1) is 13.3. The minimum Gasteiger partial charge on any atom is -0.348 e. The van der Waals surface area contributed by atoms with E-state index in [0.29, 0.717) is 11.3 Å². The highest BCUT2D eigenvalue weighted by Gasteiger charge is 2.23. The molecule has 0 spiro atoms. The molecule has 0 aliphatic heterocycles. The average Bonchev–Trinajstić information content (AvgIpc) is 2.58. The molecule has 7 nitrogen and oxygen atoms in total. The lowest BCUT2D eigenvalue weighted by atomic mass is 10.1. The van der Waals surface area contributed by atoms with E-state index in [1.165, 1.54) is 12.1 Å². The van der Waals surface area contributed by atoms with Crippen LogP contribution < -0.4 is 9.62 Å². The number of sulfonamides is 1. The van der Waals surface area contributed by atoms with Gasteiger partial charge in [-0.2, -0.15) is 0 Å². The van der Waals surface area contributed by atoms with E-state index >= 15 is 0 Å². The van der Waals surface area contributed by atoms with Crippen LogP contribution in [0.2, 0.25) is 0 Å². The molecule has 2 aromatic rings. The zero-order valence-corrected chi connectivity index (χ0v) is 18.8. The number of nitrogens with one attached hydrogen (secondary N) is 1. The quantitative estimate of drug-likeness (QED) is 0.715. The van der Waals surface area contributed by atoms with Crippen LogP contribution in [0.3, 0.4) is 0 Å². The Kier molecular flexibility index (Phi) is 6.74. The number of anilines is 1. The van der Waals surface area contributed by atoms with Crippen molar-refractivity contribution < 1.29 is 21.6 Å². The first-order valence-electron chi connectivity index (χ1n) is 8.93. The van der Waals surface area contributed by atoms with Crippen LogP contribution in [0.1, 0.15) is 29.7 Å². The number of amides is 1. The second-order valence-electron chi connectivity index (χ2n) is 7.19. The van der Waals surface area contributed by atoms with Gasteiger partial charge >= 0.3 is 0 Å². The van der Waals surface area contributed by atoms with Gasteiger partial charge in [-0.1, -0.05) is 29.8 Å². The van der Waals surface area contributed by atoms with Crippen molar-refractivity contribution >= 4 is 31.5 Å². The monoisotopic (exact) mass is 438 g/mol. The summed E-state index contributed by atoms with van der Waals surface area (Å²) in [5.74, 6) is -0.463. The molecule has 0 fully saturated rings. The number of nitrogens with zero attached hydrogens (tertiary/aromatic N) is 1. The second-order valence-corrected chi connectivity index (χ2v) is 11.1. The molecular formula is C20H26N2O5S2. The summed E-state index contributed by atoms with van der Waals surface area (Å²) in [5.41, 5.74) is 2.92. The van der Waals surface area contributed by atoms with Gasteiger partial charge in [-0.25, -0.2) is 16.8 Å². The number of aryl methyl sites for hydroxylation is 2. The molecule has 2 aromatic carbocycles. The van der Waals surface area contributed by atoms with Gasteiger partial charge < -0.3 is 5.32 Å². The van der Waals surface area contributed by atoms with E-state index < -0.39 is 31.8 Å². The van der Waals surface area contributed by atoms with Crippen molar-refractivity contribution in [2.24, 2.45) is 0 Å². The van der Waals surface area contributed by atoms with Gasteiger partial charge in [-0.05, 0) is 50.1 Å². The van der Waals surface area contributed by atoms with Crippen molar-refractivity contribution in [2.75, 3.05) is 23.4 Å². The minimum absolute atomic E-state index is 0.192. The predicted molar refractivity (Wildman–Crippen MR) is 114 cm³/mol. The number of carbonyl (C=O) groups is 1. The molecule has 1 amide bonds. The molecule has 2 rings (SSSR count). The van der Waals surface area contributed by atoms with Crippen LogP contribution in [0.5, 0.6) is 0 Å². The molecule has 29 heavy (non-hydrogen) atoms. The Morgan fingerprint density at radius 2 is 1.59 bits per heavy atom. The van der Waals surface area contributed by atoms with Gasteiger partial charge in [-0.15, -0.1) is 0 Å². The van der Waals surface area contributed by atoms with Crippen LogP contribution in [-0.4, -0.2) is 41.8 Å². The zero-order chi connectivity index (χ0) is 22.0. The smallest absolute Gasteiger partial charge is 0.241 e. The van der Waals surface area contributed by atoms with Crippen LogP contribution >= 0.6 is 0 Å². The van der Waals surface area contributed by atoms with Gasteiger partial charge in [0.1, 0.15) is 6.54 Å². The highest BCUT2D eigenvalue weighted by molar-refractivity contribution is 7.92. The lowest BCUT2D eigenvalue weighted by Crippen LogP contribution is -2.41. The van der Waals surface area contributed by atoms with E-state index in [0.717, 1.165) is 27.9 Å². The maximum Gasteiger partial charge on any atom is 0.241 e. The molecule has 0 saturated carbocycles. The SMILES string of the molecule is Cc1ccc(N(CC(=O)N[C@@H](C)c2ccc(S(C)(=O)=O)cc2)S(C)(=O)=O)c(C)c1. The largest absolute Gasteiger partial charge is 0.348 e. The van der Waals surface area contributed by atoms with E-state index in [9.17, 15) is 21.6 Å². The van der Waals surface area contributed by atoms with E-state index in [2.05, 4.69) is 5.32 Å². The summed E-state index contributed by atoms with van der Waals surface area (Å²) in [6.07, 6.45) is 2.19. The maximum atomic E-state index is 12.5. The third kappa shape index (κ3) is 6.04. The summed E-state index contributed by atoms with van der Waals surface area (Å²) in [7, 11) is -6.96. The lowest BCUT2D eigenvalue weighted by Gasteiger charge is -2.25. The van der Waals surface area contributed by atoms with Crippen LogP contribution in [0.25, 0.3) is 0 Å². The van der Waals surface area contributed by atoms with Crippen molar-refractivity contribution in [3.05, 3.63) is 59.2 Å². The summed E-state index contributed by atoms with van der Waals surface area (Å²) >= 11 is 0. The van der Waals surface area contributed by atoms with Crippen LogP contribution in [0.15, 0.2) is 47.4 Å². The molecule has 0 heterocycles. The van der Waals surface area contributed by atoms with Crippen molar-refractivity contribution in [3.8, 4) is 0 Å². The Balaban J connectivity index is 2.18. The van der Waals surface area contributed by atoms with Gasteiger partial charge in [0.2, 0.25) is 15.9 Å². The molecule has 0 aliphatic carbocycles. The van der Waals surface area contributed by atoms with Gasteiger partial charge in [0.15, 0.2) is 9.84 Å². The van der Waals surface area contributed by atoms with Crippen molar-refractivity contribution in [1.29, 1.82) is 0 Å². The van der Waals surface area contributed by atoms with E-state index in [1.807, 2.05) is 13.0 Å². The van der Waals surface area contributed by atoms with Crippen LogP contribution in [-0.2, 0) is 24.7 Å². The molecule has 1 atom stereocenters. The minimum atomic E-state index is -3.66. The van der Waals surface area contributed by atoms with E-state index in [-0.39, 0.29) is 11.4 Å². The Hall–Kier alpha value is -2.39. The van der Waals surface area contributed by atoms with E-state index in [4.69, 9.17) is 0 Å². The summed E-state index contributed by atoms with van der Waals surface area (Å²) in [5, 5.41) is 2.76. The fourth-order valence-corrected chi connectivity index (χ4v) is 4.52. The van der Waals surface area contributed by atoms with E-state index in [1.54, 1.807) is 38.1 Å². The molecular weight excluding hydrogens is 412 g/mol. The number of benzene rings is 2. The van der Waals surface area contributed by atoms with Gasteiger partial charge in [0, 0.05) is 6.26 Å². The van der Waals surface area contributed by atoms with Crippen molar-refractivity contribution in [3.63, 3.8) is 0 Å². The van der Waals surface area contributed by atoms with Crippen LogP contribution in [0, 0.1) is 13.8 Å². The van der Waals surface area contributed by atoms with Crippen molar-refractivity contribution in [1.82, 2.24) is 5.32 Å². The number of hydrogen-bond acceptors (Lipinski definition) is 5. The summed E-state index contributed by atoms with van der Waals surface area (Å²) < 4.78 is 48.8. The molecule has 1 N–H and O–H groups in total. The Bertz CT molecular complexity index is 1110. The molecule has 0 aromatic heterocycles. The fourth-order valence-electron chi connectivity index (χ4n) is 2.97. The Morgan fingerprint density at radius 3 is 2.07 bits per heavy atom. The summed E-state index contributed by atoms with van der Waals surface area (Å²) in [6, 6.07) is 11.1. The topological polar surface area (TPSA) is 101 Å². The predicted octanol–water partition coefficient (Wildman–Crippen LogP) is 2.35. The van der Waals surface area contributed by atoms with Gasteiger partial charge in [0.25, 0.3) is 0 Å². The highest BCUT2D eigenvalue weighted by Crippen LogP contribution is 2.23. The zero-order valence-electron chi connectivity index (χ0n) is 17.1. The third-order valence-electron chi connectivity index (χ3n) is 4.49. The van der Waals surface area contributed by atoms with Crippen molar-refractivity contribution in [2.45, 2.75) is 31.7 Å². The maximum absolute atomic E-state index is 12.5. The lowest BCUT2D eigenvalue weighted by molar-refractivity contribution is -0.120. The standard InChI is InChI=1S/C20H26N2O5S2/c1-14-6-11-19(15(2)12-14)22(29(5,26)27)13-20(23)21-16(3)17-7-9-18(10-8-17)28(4,24)25/h6-12,16H,13H2,1-5H3,(H,21,23)/t16-/m0/s1. The summed E-state index contributed by atoms with van der Waals surface area (Å²) in [6.45, 7) is 5.10. The second kappa shape index (κ2) is 8.54. The Labute approximate surface area is 172 Å². The normalized spacial score (nSPS) is 13.0. The summed E-state index contributed by atoms with van der Waals surface area (Å²) in [4.78, 5) is 12.7. The molecule has 0 radical (unpaired) electrons.